The minimum atomic E-state index is -0.389. The lowest BCUT2D eigenvalue weighted by molar-refractivity contribution is -0.136. The number of carbonyl (C=O) groups excluding carboxylic acids is 1. The van der Waals surface area contributed by atoms with E-state index in [2.05, 4.69) is 17.0 Å². The molecular weight excluding hydrogens is 356 g/mol. The van der Waals surface area contributed by atoms with E-state index >= 15 is 0 Å². The van der Waals surface area contributed by atoms with Gasteiger partial charge in [-0.05, 0) is 26.1 Å². The number of aromatic nitrogens is 2. The normalized spacial score (nSPS) is 19.0. The zero-order valence-corrected chi connectivity index (χ0v) is 16.4. The predicted molar refractivity (Wildman–Crippen MR) is 105 cm³/mol. The van der Waals surface area contributed by atoms with Gasteiger partial charge in [0.1, 0.15) is 17.9 Å². The average molecular weight is 382 g/mol. The highest BCUT2D eigenvalue weighted by Gasteiger charge is 2.41. The molecule has 1 spiro atoms. The molecule has 1 aromatic heterocycles. The molecular formula is C21H26N4O3. The fourth-order valence-electron chi connectivity index (χ4n) is 3.96. The molecule has 2 aromatic rings. The number of nitrogens with zero attached hydrogens (tertiary/aromatic N) is 4. The van der Waals surface area contributed by atoms with Crippen molar-refractivity contribution in [2.45, 2.75) is 38.5 Å². The third kappa shape index (κ3) is 3.80. The molecule has 1 aromatic carbocycles. The van der Waals surface area contributed by atoms with Gasteiger partial charge in [0.15, 0.2) is 0 Å². The molecule has 0 unspecified atom stereocenters. The number of carbonyl (C=O) groups is 1. The van der Waals surface area contributed by atoms with Crippen LogP contribution in [0.15, 0.2) is 41.2 Å². The van der Waals surface area contributed by atoms with Gasteiger partial charge in [0.05, 0.1) is 12.2 Å². The van der Waals surface area contributed by atoms with E-state index in [0.29, 0.717) is 18.8 Å². The largest absolute Gasteiger partial charge is 0.485 e. The van der Waals surface area contributed by atoms with Crippen LogP contribution in [-0.2, 0) is 17.9 Å². The van der Waals surface area contributed by atoms with Crippen LogP contribution >= 0.6 is 0 Å². The summed E-state index contributed by atoms with van der Waals surface area (Å²) in [5.74, 6) is 0.743. The molecule has 0 bridgehead atoms. The van der Waals surface area contributed by atoms with Crippen molar-refractivity contribution in [1.29, 1.82) is 0 Å². The summed E-state index contributed by atoms with van der Waals surface area (Å²) in [6.07, 6.45) is 1.73. The van der Waals surface area contributed by atoms with Gasteiger partial charge in [-0.15, -0.1) is 0 Å². The molecule has 0 saturated carbocycles. The van der Waals surface area contributed by atoms with Gasteiger partial charge in [0, 0.05) is 44.1 Å². The smallest absolute Gasteiger partial charge is 0.267 e. The molecule has 3 heterocycles. The second-order valence-electron chi connectivity index (χ2n) is 7.92. The first-order valence-electron chi connectivity index (χ1n) is 9.72. The number of rotatable bonds is 2. The Morgan fingerprint density at radius 3 is 2.71 bits per heavy atom. The van der Waals surface area contributed by atoms with E-state index in [-0.39, 0.29) is 23.6 Å². The zero-order valence-electron chi connectivity index (χ0n) is 16.4. The summed E-state index contributed by atoms with van der Waals surface area (Å²) in [6, 6.07) is 11.0. The summed E-state index contributed by atoms with van der Waals surface area (Å²) < 4.78 is 7.75. The Morgan fingerprint density at radius 1 is 1.18 bits per heavy atom. The minimum Gasteiger partial charge on any atom is -0.485 e. The third-order valence-electron chi connectivity index (χ3n) is 5.68. The van der Waals surface area contributed by atoms with Crippen LogP contribution in [-0.4, -0.2) is 57.8 Å². The molecule has 7 nitrogen and oxygen atoms in total. The van der Waals surface area contributed by atoms with Crippen LogP contribution in [0.1, 0.15) is 24.1 Å². The van der Waals surface area contributed by atoms with Crippen molar-refractivity contribution in [1.82, 2.24) is 19.6 Å². The Kier molecular flexibility index (Phi) is 4.93. The molecule has 2 aliphatic heterocycles. The molecule has 1 fully saturated rings. The summed E-state index contributed by atoms with van der Waals surface area (Å²) in [6.45, 7) is 4.62. The maximum atomic E-state index is 13.1. The van der Waals surface area contributed by atoms with E-state index in [1.54, 1.807) is 6.07 Å². The number of likely N-dealkylation sites (tertiary alicyclic amines) is 1. The second kappa shape index (κ2) is 7.39. The van der Waals surface area contributed by atoms with E-state index < -0.39 is 0 Å². The number of ether oxygens (including phenoxy) is 1. The van der Waals surface area contributed by atoms with Gasteiger partial charge in [-0.3, -0.25) is 9.59 Å². The Morgan fingerprint density at radius 2 is 1.93 bits per heavy atom. The van der Waals surface area contributed by atoms with Crippen LogP contribution in [0.3, 0.4) is 0 Å². The highest BCUT2D eigenvalue weighted by molar-refractivity contribution is 5.76. The molecule has 148 valence electrons. The van der Waals surface area contributed by atoms with Crippen molar-refractivity contribution in [3.63, 3.8) is 0 Å². The first kappa shape index (κ1) is 18.7. The van der Waals surface area contributed by atoms with Crippen LogP contribution in [0.25, 0.3) is 0 Å². The molecule has 1 saturated heterocycles. The number of fused-ring (bicyclic) bond motifs is 1. The summed E-state index contributed by atoms with van der Waals surface area (Å²) in [5.41, 5.74) is 1.05. The summed E-state index contributed by atoms with van der Waals surface area (Å²) >= 11 is 0. The summed E-state index contributed by atoms with van der Waals surface area (Å²) in [5, 5.41) is 4.21. The van der Waals surface area contributed by atoms with Crippen LogP contribution in [0.4, 0.5) is 0 Å². The minimum absolute atomic E-state index is 0.0569. The number of amides is 1. The lowest BCUT2D eigenvalue weighted by atomic mass is 9.90. The standard InChI is InChI=1S/C21H26N4O3/c1-16-7-8-19(26)25(22-16)14-20(27)24-13-17-5-3-4-6-18(17)28-21(15-24)9-11-23(2)12-10-21/h3-8H,9-15H2,1-2H3. The lowest BCUT2D eigenvalue weighted by Crippen LogP contribution is -2.54. The van der Waals surface area contributed by atoms with E-state index in [4.69, 9.17) is 4.74 Å². The van der Waals surface area contributed by atoms with Crippen LogP contribution in [0.2, 0.25) is 0 Å². The maximum absolute atomic E-state index is 13.1. The number of benzene rings is 1. The first-order valence-corrected chi connectivity index (χ1v) is 9.72. The number of hydrogen-bond donors (Lipinski definition) is 0. The molecule has 1 amide bonds. The Labute approximate surface area is 164 Å². The fourth-order valence-corrected chi connectivity index (χ4v) is 3.96. The Balaban J connectivity index is 1.63. The number of hydrogen-bond acceptors (Lipinski definition) is 5. The SMILES string of the molecule is Cc1ccc(=O)n(CC(=O)N2Cc3ccccc3OC3(CCN(C)CC3)C2)n1. The topological polar surface area (TPSA) is 67.7 Å². The van der Waals surface area contributed by atoms with E-state index in [0.717, 1.165) is 37.2 Å². The predicted octanol–water partition coefficient (Wildman–Crippen LogP) is 1.44. The van der Waals surface area contributed by atoms with E-state index in [1.807, 2.05) is 36.1 Å². The van der Waals surface area contributed by atoms with Crippen LogP contribution in [0.5, 0.6) is 5.75 Å². The van der Waals surface area contributed by atoms with Gasteiger partial charge in [0.25, 0.3) is 5.56 Å². The maximum Gasteiger partial charge on any atom is 0.267 e. The van der Waals surface area contributed by atoms with E-state index in [1.165, 1.54) is 10.7 Å². The van der Waals surface area contributed by atoms with Gasteiger partial charge in [-0.2, -0.15) is 5.10 Å². The highest BCUT2D eigenvalue weighted by Crippen LogP contribution is 2.35. The summed E-state index contributed by atoms with van der Waals surface area (Å²) in [4.78, 5) is 29.3. The van der Waals surface area contributed by atoms with Crippen molar-refractivity contribution in [2.75, 3.05) is 26.7 Å². The zero-order chi connectivity index (χ0) is 19.7. The van der Waals surface area contributed by atoms with Crippen molar-refractivity contribution >= 4 is 5.91 Å². The van der Waals surface area contributed by atoms with Crippen molar-refractivity contribution in [3.05, 3.63) is 58.0 Å². The molecule has 0 atom stereocenters. The molecule has 7 heteroatoms. The molecule has 2 aliphatic rings. The monoisotopic (exact) mass is 382 g/mol. The van der Waals surface area contributed by atoms with Crippen molar-refractivity contribution in [2.24, 2.45) is 0 Å². The molecule has 0 aliphatic carbocycles. The number of piperidine rings is 1. The Bertz CT molecular complexity index is 931. The quantitative estimate of drug-likeness (QED) is 0.786. The van der Waals surface area contributed by atoms with Gasteiger partial charge in [-0.25, -0.2) is 4.68 Å². The van der Waals surface area contributed by atoms with Gasteiger partial charge in [0.2, 0.25) is 5.91 Å². The van der Waals surface area contributed by atoms with Gasteiger partial charge in [-0.1, -0.05) is 18.2 Å². The van der Waals surface area contributed by atoms with Crippen LogP contribution < -0.4 is 10.3 Å². The number of aryl methyl sites for hydroxylation is 1. The summed E-state index contributed by atoms with van der Waals surface area (Å²) in [7, 11) is 2.11. The number of para-hydroxylation sites is 1. The molecule has 28 heavy (non-hydrogen) atoms. The fraction of sp³-hybridized carbons (Fsp3) is 0.476. The van der Waals surface area contributed by atoms with E-state index in [9.17, 15) is 9.59 Å². The van der Waals surface area contributed by atoms with Crippen molar-refractivity contribution < 1.29 is 9.53 Å². The van der Waals surface area contributed by atoms with Gasteiger partial charge < -0.3 is 14.5 Å². The third-order valence-corrected chi connectivity index (χ3v) is 5.68. The molecule has 4 rings (SSSR count). The van der Waals surface area contributed by atoms with Gasteiger partial charge >= 0.3 is 0 Å². The van der Waals surface area contributed by atoms with Crippen molar-refractivity contribution in [3.8, 4) is 5.75 Å². The Hall–Kier alpha value is -2.67. The average Bonchev–Trinajstić information content (AvgIpc) is 2.84. The second-order valence-corrected chi connectivity index (χ2v) is 7.92. The first-order chi connectivity index (χ1) is 13.4. The molecule has 0 radical (unpaired) electrons. The van der Waals surface area contributed by atoms with Crippen LogP contribution in [0, 0.1) is 6.92 Å². The lowest BCUT2D eigenvalue weighted by Gasteiger charge is -2.41. The molecule has 0 N–H and O–H groups in total. The highest BCUT2D eigenvalue weighted by atomic mass is 16.5.